The molecule has 0 saturated carbocycles. The van der Waals surface area contributed by atoms with Crippen LogP contribution in [0, 0.1) is 0 Å². The minimum atomic E-state index is -2.38. The first-order valence-electron chi connectivity index (χ1n) is 5.40. The molecule has 0 amide bonds. The van der Waals surface area contributed by atoms with Gasteiger partial charge in [-0.1, -0.05) is 38.1 Å². The molecule has 0 atom stereocenters. The van der Waals surface area contributed by atoms with Crippen LogP contribution in [0.15, 0.2) is 24.3 Å². The Morgan fingerprint density at radius 1 is 1.41 bits per heavy atom. The minimum absolute atomic E-state index is 0.0227. The van der Waals surface area contributed by atoms with Crippen LogP contribution >= 0.6 is 0 Å². The van der Waals surface area contributed by atoms with Gasteiger partial charge in [0.25, 0.3) is 0 Å². The van der Waals surface area contributed by atoms with Gasteiger partial charge in [-0.05, 0) is 11.1 Å². The van der Waals surface area contributed by atoms with Crippen molar-refractivity contribution >= 4 is 5.97 Å². The normalized spacial score (nSPS) is 11.8. The van der Waals surface area contributed by atoms with E-state index in [-0.39, 0.29) is 12.8 Å². The Labute approximate surface area is 99.3 Å². The molecule has 1 aromatic carbocycles. The van der Waals surface area contributed by atoms with E-state index in [4.69, 9.17) is 5.11 Å². The number of alkyl halides is 2. The maximum absolute atomic E-state index is 12.3. The largest absolute Gasteiger partial charge is 0.481 e. The summed E-state index contributed by atoms with van der Waals surface area (Å²) < 4.78 is 24.5. The van der Waals surface area contributed by atoms with E-state index in [2.05, 4.69) is 0 Å². The highest BCUT2D eigenvalue weighted by atomic mass is 19.3. The molecule has 0 aliphatic rings. The Kier molecular flexibility index (Phi) is 4.21. The van der Waals surface area contributed by atoms with Gasteiger partial charge in [0.15, 0.2) is 0 Å². The number of carboxylic acid groups (broad SMARTS) is 1. The lowest BCUT2D eigenvalue weighted by Gasteiger charge is -2.23. The number of hydrogen-bond acceptors (Lipinski definition) is 1. The van der Waals surface area contributed by atoms with Gasteiger partial charge in [-0.2, -0.15) is 0 Å². The highest BCUT2D eigenvalue weighted by molar-refractivity contribution is 5.68. The SMILES string of the molecule is CC(C)(CC(=O)O)c1cccc(CC(F)F)c1. The second-order valence-corrected chi connectivity index (χ2v) is 4.75. The molecule has 0 saturated heterocycles. The summed E-state index contributed by atoms with van der Waals surface area (Å²) in [6, 6.07) is 6.76. The number of benzene rings is 1. The van der Waals surface area contributed by atoms with E-state index in [1.165, 1.54) is 0 Å². The predicted molar refractivity (Wildman–Crippen MR) is 61.4 cm³/mol. The molecule has 17 heavy (non-hydrogen) atoms. The molecule has 0 spiro atoms. The van der Waals surface area contributed by atoms with Crippen molar-refractivity contribution in [2.24, 2.45) is 0 Å². The van der Waals surface area contributed by atoms with Crippen LogP contribution in [-0.2, 0) is 16.6 Å². The number of hydrogen-bond donors (Lipinski definition) is 1. The first-order chi connectivity index (χ1) is 7.81. The van der Waals surface area contributed by atoms with Crippen LogP contribution in [0.4, 0.5) is 8.78 Å². The van der Waals surface area contributed by atoms with Crippen molar-refractivity contribution < 1.29 is 18.7 Å². The lowest BCUT2D eigenvalue weighted by molar-refractivity contribution is -0.138. The van der Waals surface area contributed by atoms with Gasteiger partial charge in [-0.3, -0.25) is 4.79 Å². The Balaban J connectivity index is 2.94. The highest BCUT2D eigenvalue weighted by Gasteiger charge is 2.24. The van der Waals surface area contributed by atoms with Crippen molar-refractivity contribution in [2.75, 3.05) is 0 Å². The third-order valence-electron chi connectivity index (χ3n) is 2.69. The first-order valence-corrected chi connectivity index (χ1v) is 5.40. The van der Waals surface area contributed by atoms with Gasteiger partial charge in [0.2, 0.25) is 6.43 Å². The zero-order valence-corrected chi connectivity index (χ0v) is 9.91. The summed E-state index contributed by atoms with van der Waals surface area (Å²) in [5, 5.41) is 8.81. The number of rotatable bonds is 5. The summed E-state index contributed by atoms with van der Waals surface area (Å²) >= 11 is 0. The van der Waals surface area contributed by atoms with Gasteiger partial charge in [-0.15, -0.1) is 0 Å². The summed E-state index contributed by atoms with van der Waals surface area (Å²) in [4.78, 5) is 10.7. The molecule has 0 fully saturated rings. The van der Waals surface area contributed by atoms with Gasteiger partial charge < -0.3 is 5.11 Å². The molecule has 0 aliphatic heterocycles. The van der Waals surface area contributed by atoms with E-state index in [9.17, 15) is 13.6 Å². The number of carbonyl (C=O) groups is 1. The van der Waals surface area contributed by atoms with Crippen LogP contribution < -0.4 is 0 Å². The number of aliphatic carboxylic acids is 1. The molecule has 1 rings (SSSR count). The fraction of sp³-hybridized carbons (Fsp3) is 0.462. The molecule has 0 aromatic heterocycles. The summed E-state index contributed by atoms with van der Waals surface area (Å²) in [7, 11) is 0. The molecule has 1 aromatic rings. The third kappa shape index (κ3) is 4.13. The van der Waals surface area contributed by atoms with E-state index in [1.807, 2.05) is 0 Å². The molecule has 1 N–H and O–H groups in total. The van der Waals surface area contributed by atoms with E-state index in [0.717, 1.165) is 5.56 Å². The molecule has 0 heterocycles. The van der Waals surface area contributed by atoms with Crippen LogP contribution in [0.1, 0.15) is 31.4 Å². The first kappa shape index (κ1) is 13.6. The average Bonchev–Trinajstić information content (AvgIpc) is 2.15. The van der Waals surface area contributed by atoms with E-state index in [0.29, 0.717) is 5.56 Å². The Bertz CT molecular complexity index is 400. The fourth-order valence-electron chi connectivity index (χ4n) is 1.78. The summed E-state index contributed by atoms with van der Waals surface area (Å²) in [5.74, 6) is -0.894. The van der Waals surface area contributed by atoms with Crippen LogP contribution in [0.25, 0.3) is 0 Å². The second-order valence-electron chi connectivity index (χ2n) is 4.75. The topological polar surface area (TPSA) is 37.3 Å². The van der Waals surface area contributed by atoms with Crippen molar-refractivity contribution in [2.45, 2.75) is 38.5 Å². The molecular formula is C13H16F2O2. The average molecular weight is 242 g/mol. The quantitative estimate of drug-likeness (QED) is 0.860. The van der Waals surface area contributed by atoms with Crippen LogP contribution in [0.3, 0.4) is 0 Å². The summed E-state index contributed by atoms with van der Waals surface area (Å²) in [6.45, 7) is 3.59. The van der Waals surface area contributed by atoms with E-state index >= 15 is 0 Å². The number of carboxylic acids is 1. The molecule has 0 radical (unpaired) electrons. The highest BCUT2D eigenvalue weighted by Crippen LogP contribution is 2.28. The molecule has 94 valence electrons. The van der Waals surface area contributed by atoms with Gasteiger partial charge in [0.1, 0.15) is 0 Å². The molecule has 0 bridgehead atoms. The molecule has 4 heteroatoms. The Hall–Kier alpha value is -1.45. The van der Waals surface area contributed by atoms with Crippen LogP contribution in [0.5, 0.6) is 0 Å². The Morgan fingerprint density at radius 2 is 2.06 bits per heavy atom. The van der Waals surface area contributed by atoms with Crippen molar-refractivity contribution in [1.29, 1.82) is 0 Å². The van der Waals surface area contributed by atoms with Crippen molar-refractivity contribution in [1.82, 2.24) is 0 Å². The standard InChI is InChI=1S/C13H16F2O2/c1-13(2,8-12(16)17)10-5-3-4-9(6-10)7-11(14)15/h3-6,11H,7-8H2,1-2H3,(H,16,17). The third-order valence-corrected chi connectivity index (χ3v) is 2.69. The zero-order chi connectivity index (χ0) is 13.1. The van der Waals surface area contributed by atoms with Crippen molar-refractivity contribution in [3.8, 4) is 0 Å². The maximum Gasteiger partial charge on any atom is 0.304 e. The van der Waals surface area contributed by atoms with Gasteiger partial charge in [0.05, 0.1) is 6.42 Å². The maximum atomic E-state index is 12.3. The van der Waals surface area contributed by atoms with Crippen molar-refractivity contribution in [3.05, 3.63) is 35.4 Å². The van der Waals surface area contributed by atoms with Crippen molar-refractivity contribution in [3.63, 3.8) is 0 Å². The summed E-state index contributed by atoms with van der Waals surface area (Å²) in [6.07, 6.45) is -2.70. The van der Waals surface area contributed by atoms with E-state index in [1.54, 1.807) is 38.1 Å². The lowest BCUT2D eigenvalue weighted by Crippen LogP contribution is -2.21. The lowest BCUT2D eigenvalue weighted by atomic mass is 9.81. The van der Waals surface area contributed by atoms with Gasteiger partial charge in [0, 0.05) is 11.8 Å². The van der Waals surface area contributed by atoms with Crippen LogP contribution in [0.2, 0.25) is 0 Å². The van der Waals surface area contributed by atoms with Gasteiger partial charge >= 0.3 is 5.97 Å². The second kappa shape index (κ2) is 5.25. The molecule has 2 nitrogen and oxygen atoms in total. The minimum Gasteiger partial charge on any atom is -0.481 e. The monoisotopic (exact) mass is 242 g/mol. The molecular weight excluding hydrogens is 226 g/mol. The molecule has 0 aliphatic carbocycles. The van der Waals surface area contributed by atoms with Gasteiger partial charge in [-0.25, -0.2) is 8.78 Å². The van der Waals surface area contributed by atoms with E-state index < -0.39 is 17.8 Å². The fourth-order valence-corrected chi connectivity index (χ4v) is 1.78. The number of halogens is 2. The smallest absolute Gasteiger partial charge is 0.304 e. The summed E-state index contributed by atoms with van der Waals surface area (Å²) in [5.41, 5.74) is 0.762. The van der Waals surface area contributed by atoms with Crippen LogP contribution in [-0.4, -0.2) is 17.5 Å². The zero-order valence-electron chi connectivity index (χ0n) is 9.91. The molecule has 0 unspecified atom stereocenters. The Morgan fingerprint density at radius 3 is 2.59 bits per heavy atom. The predicted octanol–water partition coefficient (Wildman–Crippen LogP) is 3.25.